The molecule has 1 N–H and O–H groups in total. The van der Waals surface area contributed by atoms with Gasteiger partial charge in [0, 0.05) is 37.9 Å². The Bertz CT molecular complexity index is 1080. The van der Waals surface area contributed by atoms with E-state index >= 15 is 0 Å². The molecule has 2 aromatic carbocycles. The van der Waals surface area contributed by atoms with Crippen molar-refractivity contribution in [2.75, 3.05) is 26.3 Å². The molecule has 0 amide bonds. The van der Waals surface area contributed by atoms with E-state index < -0.39 is 5.60 Å². The highest BCUT2D eigenvalue weighted by Crippen LogP contribution is 2.27. The van der Waals surface area contributed by atoms with Gasteiger partial charge in [-0.05, 0) is 56.0 Å². The molecule has 1 aromatic heterocycles. The van der Waals surface area contributed by atoms with Crippen LogP contribution in [0.1, 0.15) is 55.1 Å². The molecule has 0 unspecified atom stereocenters. The highest BCUT2D eigenvalue weighted by atomic mass is 16.5. The summed E-state index contributed by atoms with van der Waals surface area (Å²) in [6, 6.07) is 14.5. The van der Waals surface area contributed by atoms with Crippen LogP contribution in [0.25, 0.3) is 0 Å². The van der Waals surface area contributed by atoms with Crippen LogP contribution < -0.4 is 9.47 Å². The molecular weight excluding hydrogens is 438 g/mol. The molecule has 188 valence electrons. The Kier molecular flexibility index (Phi) is 8.14. The van der Waals surface area contributed by atoms with E-state index in [1.807, 2.05) is 43.6 Å². The number of hydrogen-bond donors (Lipinski definition) is 1. The molecule has 0 atom stereocenters. The molecule has 0 bridgehead atoms. The number of aliphatic hydroxyl groups is 1. The van der Waals surface area contributed by atoms with Crippen LogP contribution in [0.3, 0.4) is 0 Å². The third-order valence-corrected chi connectivity index (χ3v) is 6.81. The van der Waals surface area contributed by atoms with E-state index in [4.69, 9.17) is 9.47 Å². The number of ether oxygens (including phenoxy) is 2. The van der Waals surface area contributed by atoms with Gasteiger partial charge in [-0.3, -0.25) is 4.90 Å². The van der Waals surface area contributed by atoms with Crippen LogP contribution in [-0.2, 0) is 13.1 Å². The number of aromatic nitrogens is 2. The van der Waals surface area contributed by atoms with Crippen molar-refractivity contribution in [2.24, 2.45) is 0 Å². The molecule has 0 radical (unpaired) electrons. The molecule has 0 spiro atoms. The predicted octanol–water partition coefficient (Wildman–Crippen LogP) is 5.11. The molecule has 4 rings (SSSR count). The molecule has 1 aliphatic heterocycles. The van der Waals surface area contributed by atoms with E-state index in [9.17, 15) is 5.11 Å². The van der Waals surface area contributed by atoms with Crippen LogP contribution in [0.4, 0.5) is 0 Å². The Balaban J connectivity index is 1.20. The van der Waals surface area contributed by atoms with Gasteiger partial charge in [0.2, 0.25) is 0 Å². The minimum atomic E-state index is -0.768. The number of aryl methyl sites for hydroxylation is 2. The van der Waals surface area contributed by atoms with Gasteiger partial charge in [0.25, 0.3) is 0 Å². The Morgan fingerprint density at radius 2 is 1.77 bits per heavy atom. The van der Waals surface area contributed by atoms with Crippen molar-refractivity contribution < 1.29 is 14.6 Å². The number of hydrogen-bond acceptors (Lipinski definition) is 5. The lowest BCUT2D eigenvalue weighted by Gasteiger charge is -2.38. The summed E-state index contributed by atoms with van der Waals surface area (Å²) in [6.45, 7) is 12.8. The zero-order chi connectivity index (χ0) is 24.8. The third-order valence-electron chi connectivity index (χ3n) is 6.81. The van der Waals surface area contributed by atoms with E-state index in [1.54, 1.807) is 0 Å². The molecule has 35 heavy (non-hydrogen) atoms. The van der Waals surface area contributed by atoms with Gasteiger partial charge < -0.3 is 19.1 Å². The van der Waals surface area contributed by atoms with Crippen LogP contribution in [0.15, 0.2) is 54.9 Å². The van der Waals surface area contributed by atoms with Crippen molar-refractivity contribution in [1.82, 2.24) is 14.5 Å². The largest absolute Gasteiger partial charge is 0.492 e. The van der Waals surface area contributed by atoms with E-state index in [1.165, 1.54) is 11.1 Å². The zero-order valence-electron chi connectivity index (χ0n) is 21.5. The fourth-order valence-corrected chi connectivity index (χ4v) is 4.67. The predicted molar refractivity (Wildman–Crippen MR) is 139 cm³/mol. The lowest BCUT2D eigenvalue weighted by molar-refractivity contribution is -0.0538. The number of likely N-dealkylation sites (tertiary alicyclic amines) is 1. The highest BCUT2D eigenvalue weighted by Gasteiger charge is 2.33. The van der Waals surface area contributed by atoms with Gasteiger partial charge in [-0.1, -0.05) is 43.7 Å². The molecule has 6 nitrogen and oxygen atoms in total. The monoisotopic (exact) mass is 477 g/mol. The van der Waals surface area contributed by atoms with E-state index in [-0.39, 0.29) is 0 Å². The van der Waals surface area contributed by atoms with Gasteiger partial charge in [0.05, 0.1) is 6.54 Å². The number of benzene rings is 2. The summed E-state index contributed by atoms with van der Waals surface area (Å²) in [5.74, 6) is 3.24. The maximum Gasteiger partial charge on any atom is 0.122 e. The molecule has 3 aromatic rings. The molecule has 0 aliphatic carbocycles. The van der Waals surface area contributed by atoms with Crippen LogP contribution in [-0.4, -0.2) is 51.5 Å². The Hall–Kier alpha value is -2.83. The van der Waals surface area contributed by atoms with E-state index in [0.29, 0.717) is 32.0 Å². The van der Waals surface area contributed by atoms with Crippen molar-refractivity contribution in [2.45, 2.75) is 65.1 Å². The molecule has 1 aliphatic rings. The van der Waals surface area contributed by atoms with Crippen LogP contribution in [0.5, 0.6) is 11.5 Å². The van der Waals surface area contributed by atoms with Crippen LogP contribution in [0.2, 0.25) is 0 Å². The highest BCUT2D eigenvalue weighted by molar-refractivity contribution is 5.35. The molecule has 1 saturated heterocycles. The molecule has 0 saturated carbocycles. The summed E-state index contributed by atoms with van der Waals surface area (Å²) < 4.78 is 14.1. The maximum atomic E-state index is 11.0. The maximum absolute atomic E-state index is 11.0. The van der Waals surface area contributed by atoms with Gasteiger partial charge in [-0.15, -0.1) is 0 Å². The van der Waals surface area contributed by atoms with Crippen molar-refractivity contribution in [3.63, 3.8) is 0 Å². The van der Waals surface area contributed by atoms with Gasteiger partial charge in [-0.2, -0.15) is 0 Å². The first-order chi connectivity index (χ1) is 16.8. The number of piperidine rings is 1. The number of imidazole rings is 1. The van der Waals surface area contributed by atoms with Crippen molar-refractivity contribution in [1.29, 1.82) is 0 Å². The first kappa shape index (κ1) is 25.3. The van der Waals surface area contributed by atoms with Crippen molar-refractivity contribution in [3.8, 4) is 11.5 Å². The second-order valence-corrected chi connectivity index (χ2v) is 10.2. The fraction of sp³-hybridized carbons (Fsp3) is 0.483. The van der Waals surface area contributed by atoms with Crippen molar-refractivity contribution in [3.05, 3.63) is 77.4 Å². The van der Waals surface area contributed by atoms with E-state index in [0.717, 1.165) is 49.1 Å². The topological polar surface area (TPSA) is 59.8 Å². The number of nitrogens with zero attached hydrogens (tertiary/aromatic N) is 3. The standard InChI is InChI=1S/C29H39N3O3/c1-22(2)28-30-13-16-32(28)17-18-34-26-8-6-25(7-9-26)20-31-14-11-29(33,12-15-31)21-35-27-10-5-23(3)19-24(27)4/h5-10,13,16,19,22,33H,11-12,14-15,17-18,20-21H2,1-4H3. The van der Waals surface area contributed by atoms with Gasteiger partial charge in [-0.25, -0.2) is 4.98 Å². The average Bonchev–Trinajstić information content (AvgIpc) is 3.30. The summed E-state index contributed by atoms with van der Waals surface area (Å²) in [7, 11) is 0. The first-order valence-electron chi connectivity index (χ1n) is 12.7. The summed E-state index contributed by atoms with van der Waals surface area (Å²) >= 11 is 0. The smallest absolute Gasteiger partial charge is 0.122 e. The summed E-state index contributed by atoms with van der Waals surface area (Å²) in [5, 5.41) is 11.0. The third kappa shape index (κ3) is 6.86. The van der Waals surface area contributed by atoms with Gasteiger partial charge in [0.1, 0.15) is 36.1 Å². The summed E-state index contributed by atoms with van der Waals surface area (Å²) in [6.07, 6.45) is 5.29. The second kappa shape index (κ2) is 11.3. The Morgan fingerprint density at radius 1 is 1.03 bits per heavy atom. The molecule has 6 heteroatoms. The molecule has 2 heterocycles. The van der Waals surface area contributed by atoms with Gasteiger partial charge >= 0.3 is 0 Å². The summed E-state index contributed by atoms with van der Waals surface area (Å²) in [5.41, 5.74) is 2.82. The molecular formula is C29H39N3O3. The number of rotatable bonds is 10. The normalized spacial score (nSPS) is 15.9. The van der Waals surface area contributed by atoms with Crippen LogP contribution in [0, 0.1) is 13.8 Å². The lowest BCUT2D eigenvalue weighted by atomic mass is 9.92. The Labute approximate surface area is 209 Å². The van der Waals surface area contributed by atoms with Crippen molar-refractivity contribution >= 4 is 0 Å². The van der Waals surface area contributed by atoms with Gasteiger partial charge in [0.15, 0.2) is 0 Å². The molecule has 1 fully saturated rings. The fourth-order valence-electron chi connectivity index (χ4n) is 4.67. The lowest BCUT2D eigenvalue weighted by Crippen LogP contribution is -2.47. The second-order valence-electron chi connectivity index (χ2n) is 10.2. The minimum Gasteiger partial charge on any atom is -0.492 e. The average molecular weight is 478 g/mol. The minimum absolute atomic E-state index is 0.342. The quantitative estimate of drug-likeness (QED) is 0.440. The SMILES string of the molecule is Cc1ccc(OCC2(O)CCN(Cc3ccc(OCCn4ccnc4C(C)C)cc3)CC2)c(C)c1. The first-order valence-corrected chi connectivity index (χ1v) is 12.7. The van der Waals surface area contributed by atoms with E-state index in [2.05, 4.69) is 53.4 Å². The van der Waals surface area contributed by atoms with Crippen LogP contribution >= 0.6 is 0 Å². The zero-order valence-corrected chi connectivity index (χ0v) is 21.5. The Morgan fingerprint density at radius 3 is 2.46 bits per heavy atom. The summed E-state index contributed by atoms with van der Waals surface area (Å²) in [4.78, 5) is 6.82.